The van der Waals surface area contributed by atoms with Gasteiger partial charge in [0.2, 0.25) is 0 Å². The topological polar surface area (TPSA) is 53.7 Å². The lowest BCUT2D eigenvalue weighted by Crippen LogP contribution is -2.46. The van der Waals surface area contributed by atoms with Crippen molar-refractivity contribution in [3.05, 3.63) is 0 Å². The first kappa shape index (κ1) is 15.1. The van der Waals surface area contributed by atoms with E-state index in [0.717, 1.165) is 18.9 Å². The summed E-state index contributed by atoms with van der Waals surface area (Å²) < 4.78 is 17.2. The van der Waals surface area contributed by atoms with Crippen LogP contribution in [0, 0.1) is 0 Å². The van der Waals surface area contributed by atoms with E-state index in [2.05, 4.69) is 6.92 Å². The van der Waals surface area contributed by atoms with Crippen molar-refractivity contribution in [1.82, 2.24) is 0 Å². The third-order valence-corrected chi connectivity index (χ3v) is 5.07. The number of hydrogen-bond acceptors (Lipinski definition) is 4. The van der Waals surface area contributed by atoms with Gasteiger partial charge in [-0.05, 0) is 20.3 Å². The second-order valence-corrected chi connectivity index (χ2v) is 6.02. The van der Waals surface area contributed by atoms with E-state index in [4.69, 9.17) is 19.0 Å². The van der Waals surface area contributed by atoms with Gasteiger partial charge in [0, 0.05) is 25.8 Å². The Labute approximate surface area is 94.5 Å². The third kappa shape index (κ3) is 6.27. The highest BCUT2D eigenvalue weighted by Gasteiger charge is 2.39. The molecule has 0 saturated heterocycles. The van der Waals surface area contributed by atoms with Gasteiger partial charge in [-0.3, -0.25) is 0 Å². The lowest BCUT2D eigenvalue weighted by atomic mass is 10.4. The van der Waals surface area contributed by atoms with Gasteiger partial charge in [-0.25, -0.2) is 0 Å². The van der Waals surface area contributed by atoms with Gasteiger partial charge in [0.25, 0.3) is 0 Å². The fourth-order valence-corrected chi connectivity index (χ4v) is 4.17. The number of rotatable bonds is 10. The zero-order valence-corrected chi connectivity index (χ0v) is 11.3. The summed E-state index contributed by atoms with van der Waals surface area (Å²) in [5, 5.41) is 0. The quantitative estimate of drug-likeness (QED) is 0.586. The molecule has 0 unspecified atom stereocenters. The van der Waals surface area contributed by atoms with Crippen LogP contribution in [0.4, 0.5) is 0 Å². The SMILES string of the molecule is CCCC[Si](OCC)(OCC)OCCN. The van der Waals surface area contributed by atoms with Crippen LogP contribution in [0.1, 0.15) is 33.6 Å². The summed E-state index contributed by atoms with van der Waals surface area (Å²) in [6.45, 7) is 8.41. The fraction of sp³-hybridized carbons (Fsp3) is 1.00. The second-order valence-electron chi connectivity index (χ2n) is 3.29. The molecule has 0 rings (SSSR count). The van der Waals surface area contributed by atoms with E-state index in [-0.39, 0.29) is 0 Å². The van der Waals surface area contributed by atoms with E-state index >= 15 is 0 Å². The minimum absolute atomic E-state index is 0.515. The molecule has 0 aliphatic carbocycles. The molecule has 0 aliphatic rings. The van der Waals surface area contributed by atoms with Gasteiger partial charge < -0.3 is 19.0 Å². The summed E-state index contributed by atoms with van der Waals surface area (Å²) >= 11 is 0. The van der Waals surface area contributed by atoms with Gasteiger partial charge in [-0.1, -0.05) is 13.3 Å². The van der Waals surface area contributed by atoms with Crippen molar-refractivity contribution in [3.63, 3.8) is 0 Å². The molecule has 0 bridgehead atoms. The van der Waals surface area contributed by atoms with Gasteiger partial charge in [0.1, 0.15) is 0 Å². The molecule has 0 spiro atoms. The largest absolute Gasteiger partial charge is 0.500 e. The first-order chi connectivity index (χ1) is 7.24. The molecule has 0 atom stereocenters. The Morgan fingerprint density at radius 1 is 1.00 bits per heavy atom. The van der Waals surface area contributed by atoms with Crippen LogP contribution in [-0.2, 0) is 13.3 Å². The van der Waals surface area contributed by atoms with Crippen LogP contribution in [-0.4, -0.2) is 35.2 Å². The van der Waals surface area contributed by atoms with Gasteiger partial charge in [-0.2, -0.15) is 0 Å². The van der Waals surface area contributed by atoms with Crippen molar-refractivity contribution in [2.45, 2.75) is 39.7 Å². The molecule has 0 fully saturated rings. The van der Waals surface area contributed by atoms with Crippen LogP contribution in [0.5, 0.6) is 0 Å². The molecule has 0 aromatic heterocycles. The van der Waals surface area contributed by atoms with Gasteiger partial charge >= 0.3 is 8.80 Å². The monoisotopic (exact) mass is 235 g/mol. The first-order valence-electron chi connectivity index (χ1n) is 5.86. The molecule has 0 radical (unpaired) electrons. The molecular formula is C10H25NO3Si. The van der Waals surface area contributed by atoms with E-state index in [1.807, 2.05) is 13.8 Å². The first-order valence-corrected chi connectivity index (χ1v) is 7.79. The maximum atomic E-state index is 5.73. The van der Waals surface area contributed by atoms with Crippen molar-refractivity contribution in [2.75, 3.05) is 26.4 Å². The molecule has 92 valence electrons. The predicted molar refractivity (Wildman–Crippen MR) is 63.7 cm³/mol. The standard InChI is InChI=1S/C10H25NO3Si/c1-4-7-10-15(12-5-2,13-6-3)14-9-8-11/h4-11H2,1-3H3. The lowest BCUT2D eigenvalue weighted by Gasteiger charge is -2.28. The second kappa shape index (κ2) is 9.29. The van der Waals surface area contributed by atoms with Crippen LogP contribution < -0.4 is 5.73 Å². The predicted octanol–water partition coefficient (Wildman–Crippen LogP) is 1.77. The Bertz CT molecular complexity index is 131. The summed E-state index contributed by atoms with van der Waals surface area (Å²) in [5.41, 5.74) is 5.44. The summed E-state index contributed by atoms with van der Waals surface area (Å²) in [6, 6.07) is 0.894. The summed E-state index contributed by atoms with van der Waals surface area (Å²) in [6.07, 6.45) is 2.21. The van der Waals surface area contributed by atoms with Gasteiger partial charge in [-0.15, -0.1) is 0 Å². The molecule has 15 heavy (non-hydrogen) atoms. The van der Waals surface area contributed by atoms with Crippen molar-refractivity contribution in [1.29, 1.82) is 0 Å². The van der Waals surface area contributed by atoms with Crippen LogP contribution in [0.3, 0.4) is 0 Å². The highest BCUT2D eigenvalue weighted by molar-refractivity contribution is 6.60. The molecular weight excluding hydrogens is 210 g/mol. The molecule has 0 saturated carbocycles. The van der Waals surface area contributed by atoms with Crippen molar-refractivity contribution < 1.29 is 13.3 Å². The smallest absolute Gasteiger partial charge is 0.374 e. The molecule has 0 heterocycles. The molecule has 0 aliphatic heterocycles. The van der Waals surface area contributed by atoms with E-state index in [1.54, 1.807) is 0 Å². The van der Waals surface area contributed by atoms with Gasteiger partial charge in [0.05, 0.1) is 6.61 Å². The Hall–Kier alpha value is 0.0569. The molecule has 0 aromatic carbocycles. The van der Waals surface area contributed by atoms with E-state index in [0.29, 0.717) is 26.4 Å². The zero-order chi connectivity index (χ0) is 11.6. The fourth-order valence-electron chi connectivity index (χ4n) is 1.39. The van der Waals surface area contributed by atoms with Crippen LogP contribution in [0.25, 0.3) is 0 Å². The van der Waals surface area contributed by atoms with E-state index < -0.39 is 8.80 Å². The number of nitrogens with two attached hydrogens (primary N) is 1. The zero-order valence-electron chi connectivity index (χ0n) is 10.3. The van der Waals surface area contributed by atoms with E-state index in [9.17, 15) is 0 Å². The highest BCUT2D eigenvalue weighted by atomic mass is 28.4. The van der Waals surface area contributed by atoms with Crippen LogP contribution >= 0.6 is 0 Å². The average Bonchev–Trinajstić information content (AvgIpc) is 2.24. The number of hydrogen-bond donors (Lipinski definition) is 1. The Morgan fingerprint density at radius 2 is 1.60 bits per heavy atom. The van der Waals surface area contributed by atoms with Gasteiger partial charge in [0.15, 0.2) is 0 Å². The van der Waals surface area contributed by atoms with Crippen LogP contribution in [0.15, 0.2) is 0 Å². The van der Waals surface area contributed by atoms with E-state index in [1.165, 1.54) is 0 Å². The molecule has 2 N–H and O–H groups in total. The van der Waals surface area contributed by atoms with Crippen molar-refractivity contribution in [2.24, 2.45) is 5.73 Å². The van der Waals surface area contributed by atoms with Crippen molar-refractivity contribution >= 4 is 8.80 Å². The normalized spacial score (nSPS) is 12.0. The minimum Gasteiger partial charge on any atom is -0.374 e. The minimum atomic E-state index is -2.42. The average molecular weight is 235 g/mol. The molecule has 5 heteroatoms. The highest BCUT2D eigenvalue weighted by Crippen LogP contribution is 2.18. The summed E-state index contributed by atoms with van der Waals surface area (Å²) in [4.78, 5) is 0. The summed E-state index contributed by atoms with van der Waals surface area (Å²) in [7, 11) is -2.42. The lowest BCUT2D eigenvalue weighted by molar-refractivity contribution is 0.0689. The maximum Gasteiger partial charge on any atom is 0.500 e. The molecule has 0 aromatic rings. The van der Waals surface area contributed by atoms with Crippen molar-refractivity contribution in [3.8, 4) is 0 Å². The maximum absolute atomic E-state index is 5.73. The Balaban J connectivity index is 4.26. The summed E-state index contributed by atoms with van der Waals surface area (Å²) in [5.74, 6) is 0. The molecule has 4 nitrogen and oxygen atoms in total. The Kier molecular flexibility index (Phi) is 9.33. The molecule has 0 amide bonds. The number of unbranched alkanes of at least 4 members (excludes halogenated alkanes) is 1. The third-order valence-electron chi connectivity index (χ3n) is 2.00. The Morgan fingerprint density at radius 3 is 2.00 bits per heavy atom. The van der Waals surface area contributed by atoms with Crippen LogP contribution in [0.2, 0.25) is 6.04 Å².